The Bertz CT molecular complexity index is 626. The number of anilines is 1. The average molecular weight is 277 g/mol. The number of H-pyrrole nitrogens is 1. The molecule has 0 radical (unpaired) electrons. The highest BCUT2D eigenvalue weighted by Crippen LogP contribution is 2.14. The zero-order valence-corrected chi connectivity index (χ0v) is 11.3. The van der Waals surface area contributed by atoms with E-state index in [9.17, 15) is 4.79 Å². The van der Waals surface area contributed by atoms with Crippen LogP contribution in [-0.2, 0) is 0 Å². The molecule has 2 aromatic rings. The van der Waals surface area contributed by atoms with E-state index in [0.29, 0.717) is 5.65 Å². The summed E-state index contributed by atoms with van der Waals surface area (Å²) < 4.78 is 1.40. The zero-order chi connectivity index (χ0) is 13.9. The van der Waals surface area contributed by atoms with Gasteiger partial charge in [0, 0.05) is 32.2 Å². The summed E-state index contributed by atoms with van der Waals surface area (Å²) in [5.41, 5.74) is 5.88. The third kappa shape index (κ3) is 2.52. The predicted octanol–water partition coefficient (Wildman–Crippen LogP) is -1.11. The van der Waals surface area contributed by atoms with E-state index >= 15 is 0 Å². The second-order valence-electron chi connectivity index (χ2n) is 4.97. The Balaban J connectivity index is 1.68. The smallest absolute Gasteiger partial charge is 0.348 e. The number of aromatic nitrogens is 4. The molecule has 1 aliphatic heterocycles. The first-order chi connectivity index (χ1) is 9.78. The summed E-state index contributed by atoms with van der Waals surface area (Å²) in [6.07, 6.45) is 2.57. The average Bonchev–Trinajstić information content (AvgIpc) is 2.86. The fraction of sp³-hybridized carbons (Fsp3) is 0.583. The van der Waals surface area contributed by atoms with Gasteiger partial charge in [0.2, 0.25) is 0 Å². The van der Waals surface area contributed by atoms with Crippen LogP contribution in [0.15, 0.2) is 17.2 Å². The molecule has 3 heterocycles. The molecule has 2 aromatic heterocycles. The topological polar surface area (TPSA) is 95.5 Å². The normalized spacial score (nSPS) is 16.9. The van der Waals surface area contributed by atoms with E-state index in [4.69, 9.17) is 5.73 Å². The number of hydrogen-bond donors (Lipinski definition) is 2. The molecule has 1 saturated heterocycles. The van der Waals surface area contributed by atoms with Gasteiger partial charge in [0.1, 0.15) is 12.1 Å². The minimum Gasteiger partial charge on any atom is -0.354 e. The van der Waals surface area contributed by atoms with E-state index in [-0.39, 0.29) is 5.69 Å². The summed E-state index contributed by atoms with van der Waals surface area (Å²) in [7, 11) is 0. The van der Waals surface area contributed by atoms with E-state index in [1.165, 1.54) is 10.7 Å². The van der Waals surface area contributed by atoms with Gasteiger partial charge in [-0.1, -0.05) is 0 Å². The lowest BCUT2D eigenvalue weighted by atomic mass is 10.3. The first-order valence-electron chi connectivity index (χ1n) is 6.88. The molecule has 0 amide bonds. The van der Waals surface area contributed by atoms with Crippen LogP contribution in [0.2, 0.25) is 0 Å². The molecule has 0 atom stereocenters. The molecule has 20 heavy (non-hydrogen) atoms. The standard InChI is InChI=1S/C12H19N7O/c13-2-1-3-17-4-6-18(7-5-17)10-8-11-15-16-12(20)19(11)9-14-10/h8-9H,1-7,13H2,(H,16,20). The van der Waals surface area contributed by atoms with E-state index in [1.807, 2.05) is 6.07 Å². The van der Waals surface area contributed by atoms with Gasteiger partial charge in [0.05, 0.1) is 0 Å². The predicted molar refractivity (Wildman–Crippen MR) is 75.9 cm³/mol. The first-order valence-corrected chi connectivity index (χ1v) is 6.88. The van der Waals surface area contributed by atoms with Crippen molar-refractivity contribution in [2.24, 2.45) is 5.73 Å². The van der Waals surface area contributed by atoms with Crippen molar-refractivity contribution in [3.05, 3.63) is 22.9 Å². The second kappa shape index (κ2) is 5.59. The molecule has 1 aliphatic rings. The zero-order valence-electron chi connectivity index (χ0n) is 11.3. The fourth-order valence-corrected chi connectivity index (χ4v) is 2.49. The van der Waals surface area contributed by atoms with Crippen molar-refractivity contribution in [3.63, 3.8) is 0 Å². The maximum absolute atomic E-state index is 11.4. The highest BCUT2D eigenvalue weighted by atomic mass is 16.1. The second-order valence-corrected chi connectivity index (χ2v) is 4.97. The van der Waals surface area contributed by atoms with Crippen LogP contribution in [0.4, 0.5) is 5.82 Å². The fourth-order valence-electron chi connectivity index (χ4n) is 2.49. The molecule has 108 valence electrons. The molecular formula is C12H19N7O. The van der Waals surface area contributed by atoms with Crippen molar-refractivity contribution in [1.82, 2.24) is 24.5 Å². The van der Waals surface area contributed by atoms with Gasteiger partial charge >= 0.3 is 5.69 Å². The lowest BCUT2D eigenvalue weighted by Crippen LogP contribution is -2.47. The maximum atomic E-state index is 11.4. The van der Waals surface area contributed by atoms with Gasteiger partial charge in [0.25, 0.3) is 0 Å². The van der Waals surface area contributed by atoms with Crippen LogP contribution >= 0.6 is 0 Å². The van der Waals surface area contributed by atoms with Gasteiger partial charge in [-0.05, 0) is 19.5 Å². The molecule has 3 N–H and O–H groups in total. The van der Waals surface area contributed by atoms with Crippen LogP contribution in [-0.4, -0.2) is 63.8 Å². The summed E-state index contributed by atoms with van der Waals surface area (Å²) in [5.74, 6) is 0.870. The molecule has 0 spiro atoms. The minimum atomic E-state index is -0.259. The molecule has 0 aliphatic carbocycles. The number of piperazine rings is 1. The van der Waals surface area contributed by atoms with Crippen molar-refractivity contribution in [2.75, 3.05) is 44.2 Å². The van der Waals surface area contributed by atoms with Gasteiger partial charge in [-0.2, -0.15) is 5.10 Å². The van der Waals surface area contributed by atoms with Crippen molar-refractivity contribution in [2.45, 2.75) is 6.42 Å². The van der Waals surface area contributed by atoms with E-state index < -0.39 is 0 Å². The van der Waals surface area contributed by atoms with Crippen LogP contribution in [0, 0.1) is 0 Å². The monoisotopic (exact) mass is 277 g/mol. The summed E-state index contributed by atoms with van der Waals surface area (Å²) in [5, 5.41) is 6.38. The third-order valence-electron chi connectivity index (χ3n) is 3.67. The van der Waals surface area contributed by atoms with Gasteiger partial charge in [0.15, 0.2) is 5.65 Å². The quantitative estimate of drug-likeness (QED) is 0.735. The van der Waals surface area contributed by atoms with Crippen LogP contribution in [0.25, 0.3) is 5.65 Å². The number of nitrogens with two attached hydrogens (primary N) is 1. The molecule has 3 rings (SSSR count). The molecule has 0 aromatic carbocycles. The molecule has 0 saturated carbocycles. The van der Waals surface area contributed by atoms with E-state index in [0.717, 1.165) is 51.5 Å². The van der Waals surface area contributed by atoms with Crippen molar-refractivity contribution >= 4 is 11.5 Å². The van der Waals surface area contributed by atoms with Crippen molar-refractivity contribution in [3.8, 4) is 0 Å². The van der Waals surface area contributed by atoms with Crippen molar-refractivity contribution < 1.29 is 0 Å². The Morgan fingerprint density at radius 3 is 2.85 bits per heavy atom. The molecule has 0 bridgehead atoms. The van der Waals surface area contributed by atoms with Crippen LogP contribution < -0.4 is 16.3 Å². The minimum absolute atomic E-state index is 0.259. The van der Waals surface area contributed by atoms with Crippen LogP contribution in [0.5, 0.6) is 0 Å². The molecule has 1 fully saturated rings. The molecule has 8 nitrogen and oxygen atoms in total. The SMILES string of the molecule is NCCCN1CCN(c2cc3n[nH]c(=O)n3cn2)CC1. The number of hydrogen-bond acceptors (Lipinski definition) is 6. The number of rotatable bonds is 4. The number of aromatic amines is 1. The van der Waals surface area contributed by atoms with Crippen LogP contribution in [0.1, 0.15) is 6.42 Å². The number of fused-ring (bicyclic) bond motifs is 1. The Labute approximate surface area is 116 Å². The highest BCUT2D eigenvalue weighted by Gasteiger charge is 2.18. The molecule has 0 unspecified atom stereocenters. The summed E-state index contributed by atoms with van der Waals surface area (Å²) >= 11 is 0. The van der Waals surface area contributed by atoms with E-state index in [2.05, 4.69) is 25.0 Å². The lowest BCUT2D eigenvalue weighted by Gasteiger charge is -2.35. The Morgan fingerprint density at radius 2 is 2.10 bits per heavy atom. The number of nitrogens with one attached hydrogen (secondary N) is 1. The maximum Gasteiger partial charge on any atom is 0.348 e. The van der Waals surface area contributed by atoms with E-state index in [1.54, 1.807) is 0 Å². The van der Waals surface area contributed by atoms with Gasteiger partial charge in [-0.3, -0.25) is 4.90 Å². The summed E-state index contributed by atoms with van der Waals surface area (Å²) in [6, 6.07) is 1.84. The lowest BCUT2D eigenvalue weighted by molar-refractivity contribution is 0.256. The molecule has 8 heteroatoms. The first kappa shape index (κ1) is 13.1. The largest absolute Gasteiger partial charge is 0.354 e. The molecular weight excluding hydrogens is 258 g/mol. The summed E-state index contributed by atoms with van der Waals surface area (Å²) in [4.78, 5) is 20.4. The van der Waals surface area contributed by atoms with Crippen molar-refractivity contribution in [1.29, 1.82) is 0 Å². The summed E-state index contributed by atoms with van der Waals surface area (Å²) in [6.45, 7) is 5.70. The Hall–Kier alpha value is -1.93. The Kier molecular flexibility index (Phi) is 3.66. The van der Waals surface area contributed by atoms with Crippen LogP contribution in [0.3, 0.4) is 0 Å². The highest BCUT2D eigenvalue weighted by molar-refractivity contribution is 5.50. The Morgan fingerprint density at radius 1 is 1.30 bits per heavy atom. The third-order valence-corrected chi connectivity index (χ3v) is 3.67. The van der Waals surface area contributed by atoms with Gasteiger partial charge in [-0.15, -0.1) is 0 Å². The van der Waals surface area contributed by atoms with Gasteiger partial charge < -0.3 is 10.6 Å². The number of nitrogens with zero attached hydrogens (tertiary/aromatic N) is 5. The van der Waals surface area contributed by atoms with Gasteiger partial charge in [-0.25, -0.2) is 19.3 Å².